The number of aromatic amines is 1. The molecule has 0 atom stereocenters. The van der Waals surface area contributed by atoms with Crippen molar-refractivity contribution in [2.75, 3.05) is 16.4 Å². The molecule has 2 aromatic rings. The van der Waals surface area contributed by atoms with Crippen molar-refractivity contribution in [2.45, 2.75) is 13.0 Å². The largest absolute Gasteiger partial charge is 0.397 e. The van der Waals surface area contributed by atoms with Crippen LogP contribution in [0.15, 0.2) is 22.3 Å². The number of benzene rings is 1. The first-order valence-corrected chi connectivity index (χ1v) is 6.62. The van der Waals surface area contributed by atoms with Crippen LogP contribution in [0.2, 0.25) is 0 Å². The lowest BCUT2D eigenvalue weighted by atomic mass is 10.1. The summed E-state index contributed by atoms with van der Waals surface area (Å²) in [6.07, 6.45) is 0.373. The van der Waals surface area contributed by atoms with E-state index in [1.807, 2.05) is 6.07 Å². The van der Waals surface area contributed by atoms with E-state index in [-0.39, 0.29) is 10.8 Å². The smallest absolute Gasteiger partial charge is 0.304 e. The van der Waals surface area contributed by atoms with Crippen molar-refractivity contribution >= 4 is 34.3 Å². The summed E-state index contributed by atoms with van der Waals surface area (Å²) in [6, 6.07) is 3.62. The Morgan fingerprint density at radius 3 is 2.95 bits per heavy atom. The SMILES string of the molecule is Nc1cc2c(cc1NCc1csc(=O)[nH]1)NC(=O)C2. The van der Waals surface area contributed by atoms with Gasteiger partial charge in [-0.1, -0.05) is 11.3 Å². The van der Waals surface area contributed by atoms with E-state index in [9.17, 15) is 9.59 Å². The summed E-state index contributed by atoms with van der Waals surface area (Å²) in [7, 11) is 0. The van der Waals surface area contributed by atoms with Crippen LogP contribution in [0.5, 0.6) is 0 Å². The summed E-state index contributed by atoms with van der Waals surface area (Å²) in [6.45, 7) is 0.482. The van der Waals surface area contributed by atoms with E-state index < -0.39 is 0 Å². The van der Waals surface area contributed by atoms with E-state index in [4.69, 9.17) is 5.73 Å². The average molecular weight is 276 g/mol. The predicted octanol–water partition coefficient (Wildman–Crippen LogP) is 1.13. The molecule has 1 aliphatic heterocycles. The van der Waals surface area contributed by atoms with Gasteiger partial charge in [-0.25, -0.2) is 0 Å². The average Bonchev–Trinajstić information content (AvgIpc) is 2.91. The first-order chi connectivity index (χ1) is 9.11. The highest BCUT2D eigenvalue weighted by atomic mass is 32.1. The summed E-state index contributed by atoms with van der Waals surface area (Å²) in [5.74, 6) is -0.0197. The number of carbonyl (C=O) groups is 1. The summed E-state index contributed by atoms with van der Waals surface area (Å²) in [5.41, 5.74) is 9.78. The van der Waals surface area contributed by atoms with Crippen LogP contribution < -0.4 is 21.2 Å². The van der Waals surface area contributed by atoms with Gasteiger partial charge in [-0.2, -0.15) is 0 Å². The number of nitrogen functional groups attached to an aromatic ring is 1. The van der Waals surface area contributed by atoms with Crippen molar-refractivity contribution in [1.82, 2.24) is 4.98 Å². The maximum absolute atomic E-state index is 11.3. The van der Waals surface area contributed by atoms with Gasteiger partial charge in [-0.15, -0.1) is 0 Å². The maximum Gasteiger partial charge on any atom is 0.304 e. The summed E-state index contributed by atoms with van der Waals surface area (Å²) in [5, 5.41) is 7.69. The summed E-state index contributed by atoms with van der Waals surface area (Å²) < 4.78 is 0. The van der Waals surface area contributed by atoms with Crippen LogP contribution in [0.25, 0.3) is 0 Å². The zero-order valence-electron chi connectivity index (χ0n) is 9.95. The minimum Gasteiger partial charge on any atom is -0.397 e. The zero-order valence-corrected chi connectivity index (χ0v) is 10.8. The molecule has 3 rings (SSSR count). The molecule has 7 heteroatoms. The number of carbonyl (C=O) groups excluding carboxylic acids is 1. The molecule has 1 amide bonds. The second kappa shape index (κ2) is 4.43. The molecule has 0 bridgehead atoms. The quantitative estimate of drug-likeness (QED) is 0.631. The van der Waals surface area contributed by atoms with Gasteiger partial charge in [0.1, 0.15) is 0 Å². The zero-order chi connectivity index (χ0) is 13.4. The fourth-order valence-electron chi connectivity index (χ4n) is 2.04. The van der Waals surface area contributed by atoms with E-state index in [1.165, 1.54) is 0 Å². The number of H-pyrrole nitrogens is 1. The molecule has 1 aliphatic rings. The van der Waals surface area contributed by atoms with Crippen molar-refractivity contribution in [3.63, 3.8) is 0 Å². The van der Waals surface area contributed by atoms with E-state index in [0.717, 1.165) is 34.0 Å². The van der Waals surface area contributed by atoms with Crippen LogP contribution >= 0.6 is 11.3 Å². The molecule has 2 heterocycles. The third-order valence-electron chi connectivity index (χ3n) is 2.94. The highest BCUT2D eigenvalue weighted by molar-refractivity contribution is 7.07. The predicted molar refractivity (Wildman–Crippen MR) is 75.5 cm³/mol. The first kappa shape index (κ1) is 11.8. The number of amides is 1. The molecule has 19 heavy (non-hydrogen) atoms. The number of hydrogen-bond donors (Lipinski definition) is 4. The Kier molecular flexibility index (Phi) is 2.75. The Morgan fingerprint density at radius 2 is 2.21 bits per heavy atom. The minimum absolute atomic E-state index is 0.0197. The Morgan fingerprint density at radius 1 is 1.37 bits per heavy atom. The van der Waals surface area contributed by atoms with E-state index in [1.54, 1.807) is 11.4 Å². The lowest BCUT2D eigenvalue weighted by Gasteiger charge is -2.10. The van der Waals surface area contributed by atoms with E-state index in [2.05, 4.69) is 15.6 Å². The third-order valence-corrected chi connectivity index (χ3v) is 3.66. The highest BCUT2D eigenvalue weighted by Crippen LogP contribution is 2.31. The number of nitrogens with one attached hydrogen (secondary N) is 3. The normalized spacial score (nSPS) is 13.2. The van der Waals surface area contributed by atoms with Gasteiger partial charge in [0.05, 0.1) is 24.3 Å². The number of thiazole rings is 1. The van der Waals surface area contributed by atoms with Gasteiger partial charge >= 0.3 is 4.87 Å². The fraction of sp³-hybridized carbons (Fsp3) is 0.167. The monoisotopic (exact) mass is 276 g/mol. The molecule has 0 fully saturated rings. The molecule has 98 valence electrons. The van der Waals surface area contributed by atoms with Crippen LogP contribution in [0.4, 0.5) is 17.1 Å². The number of nitrogens with two attached hydrogens (primary N) is 1. The molecule has 0 aliphatic carbocycles. The van der Waals surface area contributed by atoms with Crippen molar-refractivity contribution < 1.29 is 4.79 Å². The number of fused-ring (bicyclic) bond motifs is 1. The number of anilines is 3. The van der Waals surface area contributed by atoms with E-state index >= 15 is 0 Å². The lowest BCUT2D eigenvalue weighted by Crippen LogP contribution is -2.05. The van der Waals surface area contributed by atoms with Crippen LogP contribution in [0, 0.1) is 0 Å². The van der Waals surface area contributed by atoms with Crippen LogP contribution in [-0.2, 0) is 17.8 Å². The number of hydrogen-bond acceptors (Lipinski definition) is 5. The summed E-state index contributed by atoms with van der Waals surface area (Å²) in [4.78, 5) is 25.0. The Balaban J connectivity index is 1.80. The summed E-state index contributed by atoms with van der Waals surface area (Å²) >= 11 is 1.12. The molecule has 0 saturated carbocycles. The van der Waals surface area contributed by atoms with Gasteiger partial charge in [0, 0.05) is 16.8 Å². The third kappa shape index (κ3) is 2.32. The Hall–Kier alpha value is -2.28. The van der Waals surface area contributed by atoms with Crippen molar-refractivity contribution in [3.8, 4) is 0 Å². The van der Waals surface area contributed by atoms with Gasteiger partial charge in [-0.05, 0) is 17.7 Å². The van der Waals surface area contributed by atoms with Crippen LogP contribution in [0.3, 0.4) is 0 Å². The molecule has 1 aromatic heterocycles. The molecular formula is C12H12N4O2S. The molecule has 0 spiro atoms. The van der Waals surface area contributed by atoms with Crippen LogP contribution in [-0.4, -0.2) is 10.9 Å². The molecule has 1 aromatic carbocycles. The minimum atomic E-state index is -0.0778. The Bertz CT molecular complexity index is 704. The maximum atomic E-state index is 11.3. The second-order valence-corrected chi connectivity index (χ2v) is 5.19. The van der Waals surface area contributed by atoms with Gasteiger partial charge in [0.25, 0.3) is 0 Å². The molecule has 6 nitrogen and oxygen atoms in total. The number of aromatic nitrogens is 1. The molecular weight excluding hydrogens is 264 g/mol. The van der Waals surface area contributed by atoms with Crippen LogP contribution in [0.1, 0.15) is 11.3 Å². The van der Waals surface area contributed by atoms with Crippen molar-refractivity contribution in [3.05, 3.63) is 38.4 Å². The van der Waals surface area contributed by atoms with Crippen molar-refractivity contribution in [2.24, 2.45) is 0 Å². The Labute approximate surface area is 112 Å². The lowest BCUT2D eigenvalue weighted by molar-refractivity contribution is -0.115. The van der Waals surface area contributed by atoms with Gasteiger partial charge < -0.3 is 21.4 Å². The van der Waals surface area contributed by atoms with Gasteiger partial charge in [-0.3, -0.25) is 9.59 Å². The number of rotatable bonds is 3. The highest BCUT2D eigenvalue weighted by Gasteiger charge is 2.19. The van der Waals surface area contributed by atoms with E-state index in [0.29, 0.717) is 18.7 Å². The van der Waals surface area contributed by atoms with Gasteiger partial charge in [0.2, 0.25) is 5.91 Å². The molecule has 0 unspecified atom stereocenters. The second-order valence-electron chi connectivity index (χ2n) is 4.35. The molecule has 0 radical (unpaired) electrons. The standard InChI is InChI=1S/C12H12N4O2S/c13-8-1-6-2-11(17)16-9(6)3-10(8)14-4-7-5-19-12(18)15-7/h1,3,5,14H,2,4,13H2,(H,15,18)(H,16,17). The molecule has 5 N–H and O–H groups in total. The topological polar surface area (TPSA) is 100 Å². The van der Waals surface area contributed by atoms with Crippen molar-refractivity contribution in [1.29, 1.82) is 0 Å². The van der Waals surface area contributed by atoms with Gasteiger partial charge in [0.15, 0.2) is 0 Å². The first-order valence-electron chi connectivity index (χ1n) is 5.74. The molecule has 0 saturated heterocycles. The fourth-order valence-corrected chi connectivity index (χ4v) is 2.62.